The summed E-state index contributed by atoms with van der Waals surface area (Å²) in [5, 5.41) is 0. The summed E-state index contributed by atoms with van der Waals surface area (Å²) < 4.78 is 0. The average molecular weight is 340 g/mol. The van der Waals surface area contributed by atoms with E-state index in [1.165, 1.54) is 103 Å². The van der Waals surface area contributed by atoms with Gasteiger partial charge in [-0.1, -0.05) is 110 Å². The van der Waals surface area contributed by atoms with Gasteiger partial charge in [-0.3, -0.25) is 4.79 Å². The molecular weight excluding hydrogens is 294 g/mol. The topological polar surface area (TPSA) is 20.3 Å². The Morgan fingerprint density at radius 2 is 0.917 bits per heavy atom. The lowest BCUT2D eigenvalue weighted by atomic mass is 10.0. The third-order valence-electron chi connectivity index (χ3n) is 5.08. The minimum atomic E-state index is 0.274. The quantitative estimate of drug-likeness (QED) is 0.243. The molecule has 0 aromatic rings. The van der Waals surface area contributed by atoms with Gasteiger partial charge in [0.2, 0.25) is 5.91 Å². The highest BCUT2D eigenvalue weighted by atomic mass is 16.2. The molecule has 0 fully saturated rings. The fourth-order valence-electron chi connectivity index (χ4n) is 3.29. The highest BCUT2D eigenvalue weighted by molar-refractivity contribution is 5.75. The zero-order chi connectivity index (χ0) is 17.9. The molecule has 2 nitrogen and oxygen atoms in total. The predicted octanol–water partition coefficient (Wildman–Crippen LogP) is 7.12. The normalized spacial score (nSPS) is 11.0. The summed E-state index contributed by atoms with van der Waals surface area (Å²) in [7, 11) is 1.93. The van der Waals surface area contributed by atoms with Crippen LogP contribution in [0, 0.1) is 0 Å². The summed E-state index contributed by atoms with van der Waals surface area (Å²) in [6.45, 7) is 5.16. The van der Waals surface area contributed by atoms with Crippen molar-refractivity contribution >= 4 is 5.91 Å². The maximum Gasteiger partial charge on any atom is 0.222 e. The van der Waals surface area contributed by atoms with Gasteiger partial charge in [-0.15, -0.1) is 0 Å². The van der Waals surface area contributed by atoms with E-state index in [9.17, 15) is 4.79 Å². The number of amides is 1. The highest BCUT2D eigenvalue weighted by Crippen LogP contribution is 2.13. The van der Waals surface area contributed by atoms with Gasteiger partial charge in [0, 0.05) is 20.0 Å². The van der Waals surface area contributed by atoms with Crippen LogP contribution >= 0.6 is 0 Å². The van der Waals surface area contributed by atoms with Crippen LogP contribution in [0.15, 0.2) is 0 Å². The van der Waals surface area contributed by atoms with Crippen LogP contribution in [0.4, 0.5) is 0 Å². The lowest BCUT2D eigenvalue weighted by Gasteiger charge is -2.15. The summed E-state index contributed by atoms with van der Waals surface area (Å²) in [5.74, 6) is 0.274. The summed E-state index contributed by atoms with van der Waals surface area (Å²) in [5.41, 5.74) is 0. The second kappa shape index (κ2) is 18.8. The summed E-state index contributed by atoms with van der Waals surface area (Å²) in [6, 6.07) is 0. The Hall–Kier alpha value is -0.530. The molecule has 0 atom stereocenters. The summed E-state index contributed by atoms with van der Waals surface area (Å²) in [6.07, 6.45) is 23.0. The molecule has 0 saturated carbocycles. The SMILES string of the molecule is CCCCCCCCCCCCCCCCCCN(C)C(=O)CC. The van der Waals surface area contributed by atoms with Crippen LogP contribution in [0.25, 0.3) is 0 Å². The largest absolute Gasteiger partial charge is 0.346 e. The number of rotatable bonds is 18. The van der Waals surface area contributed by atoms with Crippen LogP contribution in [0.1, 0.15) is 123 Å². The van der Waals surface area contributed by atoms with Crippen molar-refractivity contribution in [2.45, 2.75) is 123 Å². The average Bonchev–Trinajstić information content (AvgIpc) is 2.60. The highest BCUT2D eigenvalue weighted by Gasteiger charge is 2.04. The number of carbonyl (C=O) groups is 1. The molecule has 24 heavy (non-hydrogen) atoms. The van der Waals surface area contributed by atoms with E-state index >= 15 is 0 Å². The van der Waals surface area contributed by atoms with E-state index in [1.807, 2.05) is 18.9 Å². The molecule has 0 heterocycles. The van der Waals surface area contributed by atoms with Crippen molar-refractivity contribution in [1.82, 2.24) is 4.90 Å². The third-order valence-corrected chi connectivity index (χ3v) is 5.08. The first kappa shape index (κ1) is 23.5. The maximum atomic E-state index is 11.4. The van der Waals surface area contributed by atoms with Crippen LogP contribution in [-0.2, 0) is 4.79 Å². The number of nitrogens with zero attached hydrogens (tertiary/aromatic N) is 1. The first-order chi connectivity index (χ1) is 11.7. The van der Waals surface area contributed by atoms with Crippen molar-refractivity contribution in [3.63, 3.8) is 0 Å². The zero-order valence-corrected chi connectivity index (χ0v) is 17.1. The molecule has 2 heteroatoms. The van der Waals surface area contributed by atoms with Gasteiger partial charge in [0.15, 0.2) is 0 Å². The van der Waals surface area contributed by atoms with Crippen molar-refractivity contribution in [2.24, 2.45) is 0 Å². The van der Waals surface area contributed by atoms with Gasteiger partial charge < -0.3 is 4.90 Å². The lowest BCUT2D eigenvalue weighted by molar-refractivity contribution is -0.129. The molecule has 0 aliphatic heterocycles. The Morgan fingerprint density at radius 3 is 1.25 bits per heavy atom. The Morgan fingerprint density at radius 1 is 0.583 bits per heavy atom. The first-order valence-corrected chi connectivity index (χ1v) is 11.0. The van der Waals surface area contributed by atoms with Gasteiger partial charge in [0.1, 0.15) is 0 Å². The van der Waals surface area contributed by atoms with Gasteiger partial charge in [-0.2, -0.15) is 0 Å². The van der Waals surface area contributed by atoms with E-state index < -0.39 is 0 Å². The van der Waals surface area contributed by atoms with Crippen LogP contribution in [-0.4, -0.2) is 24.4 Å². The molecule has 1 amide bonds. The standard InChI is InChI=1S/C22H45NO/c1-4-6-7-8-9-10-11-12-13-14-15-16-17-18-19-20-21-23(3)22(24)5-2/h4-21H2,1-3H3. The molecule has 0 radical (unpaired) electrons. The van der Waals surface area contributed by atoms with Crippen LogP contribution in [0.3, 0.4) is 0 Å². The number of hydrogen-bond donors (Lipinski definition) is 0. The van der Waals surface area contributed by atoms with Crippen LogP contribution in [0.2, 0.25) is 0 Å². The third kappa shape index (κ3) is 16.3. The van der Waals surface area contributed by atoms with Gasteiger partial charge in [-0.05, 0) is 6.42 Å². The van der Waals surface area contributed by atoms with Crippen molar-refractivity contribution < 1.29 is 4.79 Å². The van der Waals surface area contributed by atoms with Crippen LogP contribution in [0.5, 0.6) is 0 Å². The van der Waals surface area contributed by atoms with Crippen molar-refractivity contribution in [1.29, 1.82) is 0 Å². The van der Waals surface area contributed by atoms with Crippen molar-refractivity contribution in [2.75, 3.05) is 13.6 Å². The molecule has 144 valence electrons. The number of carbonyl (C=O) groups excluding carboxylic acids is 1. The minimum absolute atomic E-state index is 0.274. The lowest BCUT2D eigenvalue weighted by Crippen LogP contribution is -2.26. The van der Waals surface area contributed by atoms with Crippen molar-refractivity contribution in [3.05, 3.63) is 0 Å². The molecule has 0 aliphatic carbocycles. The molecular formula is C22H45NO. The van der Waals surface area contributed by atoms with Gasteiger partial charge in [0.25, 0.3) is 0 Å². The van der Waals surface area contributed by atoms with Gasteiger partial charge >= 0.3 is 0 Å². The molecule has 0 bridgehead atoms. The second-order valence-corrected chi connectivity index (χ2v) is 7.47. The van der Waals surface area contributed by atoms with E-state index in [4.69, 9.17) is 0 Å². The molecule has 0 spiro atoms. The number of hydrogen-bond acceptors (Lipinski definition) is 1. The van der Waals surface area contributed by atoms with E-state index in [0.717, 1.165) is 6.54 Å². The van der Waals surface area contributed by atoms with Gasteiger partial charge in [-0.25, -0.2) is 0 Å². The summed E-state index contributed by atoms with van der Waals surface area (Å²) >= 11 is 0. The predicted molar refractivity (Wildman–Crippen MR) is 107 cm³/mol. The molecule has 0 aliphatic rings. The monoisotopic (exact) mass is 339 g/mol. The molecule has 0 aromatic heterocycles. The second-order valence-electron chi connectivity index (χ2n) is 7.47. The molecule has 0 N–H and O–H groups in total. The zero-order valence-electron chi connectivity index (χ0n) is 17.1. The molecule has 0 saturated heterocycles. The fourth-order valence-corrected chi connectivity index (χ4v) is 3.29. The molecule has 0 rings (SSSR count). The fraction of sp³-hybridized carbons (Fsp3) is 0.955. The van der Waals surface area contributed by atoms with Crippen molar-refractivity contribution in [3.8, 4) is 0 Å². The van der Waals surface area contributed by atoms with E-state index in [-0.39, 0.29) is 5.91 Å². The van der Waals surface area contributed by atoms with Crippen LogP contribution < -0.4 is 0 Å². The first-order valence-electron chi connectivity index (χ1n) is 11.0. The smallest absolute Gasteiger partial charge is 0.222 e. The van der Waals surface area contributed by atoms with E-state index in [2.05, 4.69) is 6.92 Å². The van der Waals surface area contributed by atoms with Gasteiger partial charge in [0.05, 0.1) is 0 Å². The molecule has 0 aromatic carbocycles. The Bertz CT molecular complexity index is 265. The Balaban J connectivity index is 3.09. The minimum Gasteiger partial charge on any atom is -0.346 e. The Kier molecular flexibility index (Phi) is 18.4. The number of unbranched alkanes of at least 4 members (excludes halogenated alkanes) is 15. The van der Waals surface area contributed by atoms with E-state index in [0.29, 0.717) is 6.42 Å². The van der Waals surface area contributed by atoms with E-state index in [1.54, 1.807) is 0 Å². The summed E-state index contributed by atoms with van der Waals surface area (Å²) in [4.78, 5) is 13.3. The Labute approximate surface area is 152 Å². The molecule has 0 unspecified atom stereocenters. The maximum absolute atomic E-state index is 11.4.